The molecular formula is C18H22N8. The molecular weight excluding hydrogens is 328 g/mol. The Balaban J connectivity index is 1.22. The van der Waals surface area contributed by atoms with E-state index in [1.807, 2.05) is 36.6 Å². The van der Waals surface area contributed by atoms with Gasteiger partial charge in [0.05, 0.1) is 0 Å². The summed E-state index contributed by atoms with van der Waals surface area (Å²) in [4.78, 5) is 11.2. The van der Waals surface area contributed by atoms with E-state index in [4.69, 9.17) is 5.10 Å². The topological polar surface area (TPSA) is 84.1 Å². The summed E-state index contributed by atoms with van der Waals surface area (Å²) in [5.74, 6) is 3.84. The molecule has 2 aliphatic rings. The van der Waals surface area contributed by atoms with Crippen molar-refractivity contribution >= 4 is 17.4 Å². The van der Waals surface area contributed by atoms with Crippen molar-refractivity contribution in [1.82, 2.24) is 29.8 Å². The second-order valence-electron chi connectivity index (χ2n) is 7.42. The lowest BCUT2D eigenvalue weighted by Gasteiger charge is -2.40. The molecule has 8 heteroatoms. The van der Waals surface area contributed by atoms with Crippen molar-refractivity contribution in [2.45, 2.75) is 32.6 Å². The van der Waals surface area contributed by atoms with Gasteiger partial charge in [-0.15, -0.1) is 15.3 Å². The normalized spacial score (nSPS) is 17.5. The molecule has 134 valence electrons. The minimum Gasteiger partial charge on any atom is -0.354 e. The molecule has 2 fully saturated rings. The summed E-state index contributed by atoms with van der Waals surface area (Å²) in [5, 5.41) is 16.7. The molecule has 0 spiro atoms. The average molecular weight is 350 g/mol. The van der Waals surface area contributed by atoms with Gasteiger partial charge in [-0.05, 0) is 44.9 Å². The first kappa shape index (κ1) is 15.5. The molecule has 26 heavy (non-hydrogen) atoms. The van der Waals surface area contributed by atoms with Gasteiger partial charge < -0.3 is 10.2 Å². The molecule has 4 heterocycles. The number of fused-ring (bicyclic) bond motifs is 1. The van der Waals surface area contributed by atoms with E-state index < -0.39 is 0 Å². The van der Waals surface area contributed by atoms with Crippen LogP contribution in [-0.2, 0) is 0 Å². The van der Waals surface area contributed by atoms with Crippen LogP contribution in [0.25, 0.3) is 5.65 Å². The van der Waals surface area contributed by atoms with Crippen LogP contribution in [0, 0.1) is 19.8 Å². The van der Waals surface area contributed by atoms with Crippen molar-refractivity contribution in [3.63, 3.8) is 0 Å². The maximum atomic E-state index is 4.77. The zero-order chi connectivity index (χ0) is 17.7. The molecule has 1 aliphatic heterocycles. The van der Waals surface area contributed by atoms with E-state index in [9.17, 15) is 0 Å². The number of nitrogens with zero attached hydrogens (tertiary/aromatic N) is 7. The predicted molar refractivity (Wildman–Crippen MR) is 98.5 cm³/mol. The lowest BCUT2D eigenvalue weighted by atomic mass is 10.0. The number of rotatable bonds is 5. The summed E-state index contributed by atoms with van der Waals surface area (Å²) < 4.78 is 1.92. The molecule has 0 atom stereocenters. The third-order valence-corrected chi connectivity index (χ3v) is 5.03. The Morgan fingerprint density at radius 3 is 2.58 bits per heavy atom. The van der Waals surface area contributed by atoms with Gasteiger partial charge in [0.2, 0.25) is 5.95 Å². The van der Waals surface area contributed by atoms with Crippen LogP contribution in [0.2, 0.25) is 0 Å². The van der Waals surface area contributed by atoms with Crippen molar-refractivity contribution < 1.29 is 0 Å². The number of hydrogen-bond donors (Lipinski definition) is 1. The van der Waals surface area contributed by atoms with Crippen molar-refractivity contribution in [2.75, 3.05) is 29.9 Å². The van der Waals surface area contributed by atoms with Gasteiger partial charge in [0.15, 0.2) is 11.5 Å². The summed E-state index contributed by atoms with van der Waals surface area (Å²) in [6.07, 6.45) is 2.40. The molecule has 1 aliphatic carbocycles. The maximum Gasteiger partial charge on any atom is 0.223 e. The summed E-state index contributed by atoms with van der Waals surface area (Å²) in [6.45, 7) is 6.83. The largest absolute Gasteiger partial charge is 0.354 e. The lowest BCUT2D eigenvalue weighted by Crippen LogP contribution is -2.50. The molecule has 1 saturated heterocycles. The van der Waals surface area contributed by atoms with Crippen LogP contribution >= 0.6 is 0 Å². The Kier molecular flexibility index (Phi) is 3.51. The molecule has 0 bridgehead atoms. The standard InChI is InChI=1S/C18H22N8/c1-11-7-12(2)21-18(20-11)19-8-13-9-25(10-13)16-6-5-15-22-23-17(14-3-4-14)26(15)24-16/h5-7,13-14H,3-4,8-10H2,1-2H3,(H,19,20,21). The second kappa shape index (κ2) is 5.89. The van der Waals surface area contributed by atoms with E-state index in [0.29, 0.717) is 11.8 Å². The molecule has 0 amide bonds. The van der Waals surface area contributed by atoms with Gasteiger partial charge in [0.25, 0.3) is 0 Å². The van der Waals surface area contributed by atoms with Crippen LogP contribution in [0.1, 0.15) is 36.0 Å². The first-order valence-electron chi connectivity index (χ1n) is 9.19. The van der Waals surface area contributed by atoms with E-state index in [1.54, 1.807) is 0 Å². The highest BCUT2D eigenvalue weighted by atomic mass is 15.4. The number of anilines is 2. The van der Waals surface area contributed by atoms with Crippen LogP contribution in [0.5, 0.6) is 0 Å². The quantitative estimate of drug-likeness (QED) is 0.753. The predicted octanol–water partition coefficient (Wildman–Crippen LogP) is 1.96. The number of nitrogens with one attached hydrogen (secondary N) is 1. The van der Waals surface area contributed by atoms with Crippen LogP contribution in [-0.4, -0.2) is 49.4 Å². The van der Waals surface area contributed by atoms with E-state index in [0.717, 1.165) is 54.3 Å². The lowest BCUT2D eigenvalue weighted by molar-refractivity contribution is 0.424. The summed E-state index contributed by atoms with van der Waals surface area (Å²) in [7, 11) is 0. The zero-order valence-corrected chi connectivity index (χ0v) is 15.1. The average Bonchev–Trinajstić information content (AvgIpc) is 3.32. The SMILES string of the molecule is Cc1cc(C)nc(NCC2CN(c3ccc4nnc(C5CC5)n4n3)C2)n1. The van der Waals surface area contributed by atoms with Gasteiger partial charge in [0.1, 0.15) is 5.82 Å². The summed E-state index contributed by atoms with van der Waals surface area (Å²) >= 11 is 0. The minimum atomic E-state index is 0.541. The molecule has 1 N–H and O–H groups in total. The fourth-order valence-electron chi connectivity index (χ4n) is 3.49. The van der Waals surface area contributed by atoms with Gasteiger partial charge in [-0.25, -0.2) is 9.97 Å². The molecule has 1 saturated carbocycles. The monoisotopic (exact) mass is 350 g/mol. The highest BCUT2D eigenvalue weighted by molar-refractivity contribution is 5.48. The van der Waals surface area contributed by atoms with Crippen molar-refractivity contribution in [3.8, 4) is 0 Å². The molecule has 0 radical (unpaired) electrons. The fourth-order valence-corrected chi connectivity index (χ4v) is 3.49. The molecule has 0 unspecified atom stereocenters. The van der Waals surface area contributed by atoms with E-state index >= 15 is 0 Å². The van der Waals surface area contributed by atoms with Gasteiger partial charge in [-0.3, -0.25) is 0 Å². The van der Waals surface area contributed by atoms with E-state index in [1.165, 1.54) is 12.8 Å². The van der Waals surface area contributed by atoms with Crippen molar-refractivity contribution in [1.29, 1.82) is 0 Å². The van der Waals surface area contributed by atoms with Crippen molar-refractivity contribution in [2.24, 2.45) is 5.92 Å². The third-order valence-electron chi connectivity index (χ3n) is 5.03. The Bertz CT molecular complexity index is 935. The van der Waals surface area contributed by atoms with Gasteiger partial charge >= 0.3 is 0 Å². The first-order valence-corrected chi connectivity index (χ1v) is 9.19. The highest BCUT2D eigenvalue weighted by Gasteiger charge is 2.31. The smallest absolute Gasteiger partial charge is 0.223 e. The Hall–Kier alpha value is -2.77. The Labute approximate surface area is 151 Å². The molecule has 3 aromatic rings. The number of hydrogen-bond acceptors (Lipinski definition) is 7. The van der Waals surface area contributed by atoms with Crippen LogP contribution < -0.4 is 10.2 Å². The summed E-state index contributed by atoms with van der Waals surface area (Å²) in [6, 6.07) is 6.03. The van der Waals surface area contributed by atoms with Crippen molar-refractivity contribution in [3.05, 3.63) is 35.4 Å². The molecule has 0 aromatic carbocycles. The van der Waals surface area contributed by atoms with E-state index in [-0.39, 0.29) is 0 Å². The minimum absolute atomic E-state index is 0.541. The molecule has 5 rings (SSSR count). The zero-order valence-electron chi connectivity index (χ0n) is 15.1. The number of aromatic nitrogens is 6. The van der Waals surface area contributed by atoms with Gasteiger partial charge in [-0.1, -0.05) is 0 Å². The second-order valence-corrected chi connectivity index (χ2v) is 7.42. The third kappa shape index (κ3) is 2.85. The Morgan fingerprint density at radius 2 is 1.85 bits per heavy atom. The van der Waals surface area contributed by atoms with E-state index in [2.05, 4.69) is 30.4 Å². The summed E-state index contributed by atoms with van der Waals surface area (Å²) in [5.41, 5.74) is 2.82. The first-order chi connectivity index (χ1) is 12.7. The van der Waals surface area contributed by atoms with Crippen LogP contribution in [0.15, 0.2) is 18.2 Å². The van der Waals surface area contributed by atoms with Crippen LogP contribution in [0.3, 0.4) is 0 Å². The Morgan fingerprint density at radius 1 is 1.08 bits per heavy atom. The maximum absolute atomic E-state index is 4.77. The molecule has 3 aromatic heterocycles. The fraction of sp³-hybridized carbons (Fsp3) is 0.500. The van der Waals surface area contributed by atoms with Crippen LogP contribution in [0.4, 0.5) is 11.8 Å². The molecule has 8 nitrogen and oxygen atoms in total. The highest BCUT2D eigenvalue weighted by Crippen LogP contribution is 2.38. The number of aryl methyl sites for hydroxylation is 2. The van der Waals surface area contributed by atoms with Gasteiger partial charge in [-0.2, -0.15) is 4.52 Å². The van der Waals surface area contributed by atoms with Gasteiger partial charge in [0, 0.05) is 42.9 Å².